The second kappa shape index (κ2) is 8.48. The highest BCUT2D eigenvalue weighted by molar-refractivity contribution is 6.14. The normalized spacial score (nSPS) is 15.6. The van der Waals surface area contributed by atoms with Gasteiger partial charge in [0.1, 0.15) is 0 Å². The minimum absolute atomic E-state index is 0.543. The van der Waals surface area contributed by atoms with Gasteiger partial charge in [-0.3, -0.25) is 0 Å². The number of fused-ring (bicyclic) bond motifs is 3. The summed E-state index contributed by atoms with van der Waals surface area (Å²) in [6.07, 6.45) is 8.94. The molecule has 3 aromatic carbocycles. The van der Waals surface area contributed by atoms with Crippen LogP contribution >= 0.6 is 0 Å². The zero-order valence-electron chi connectivity index (χ0n) is 18.1. The SMILES string of the molecule is [B]n1cccc1C(CCN)=C1N=C(C=Cc2cc3ccccc3c3ccccc23)C=C1C. The molecule has 5 rings (SSSR count). The maximum atomic E-state index is 6.11. The van der Waals surface area contributed by atoms with Crippen molar-refractivity contribution in [3.8, 4) is 0 Å². The van der Waals surface area contributed by atoms with Crippen LogP contribution in [-0.2, 0) is 0 Å². The van der Waals surface area contributed by atoms with Crippen molar-refractivity contribution in [2.75, 3.05) is 6.54 Å². The minimum atomic E-state index is 0.543. The molecule has 1 aromatic heterocycles. The molecule has 0 bridgehead atoms. The van der Waals surface area contributed by atoms with Gasteiger partial charge in [-0.25, -0.2) is 4.99 Å². The number of rotatable bonds is 5. The summed E-state index contributed by atoms with van der Waals surface area (Å²) in [5.74, 6) is 0. The zero-order valence-corrected chi connectivity index (χ0v) is 18.1. The number of hydrogen-bond acceptors (Lipinski definition) is 2. The Morgan fingerprint density at radius 1 is 0.969 bits per heavy atom. The highest BCUT2D eigenvalue weighted by Crippen LogP contribution is 2.32. The quantitative estimate of drug-likeness (QED) is 0.321. The van der Waals surface area contributed by atoms with E-state index in [1.807, 2.05) is 18.3 Å². The Morgan fingerprint density at radius 3 is 2.47 bits per heavy atom. The molecule has 0 unspecified atom stereocenters. The molecule has 1 aliphatic heterocycles. The van der Waals surface area contributed by atoms with E-state index < -0.39 is 0 Å². The first-order chi connectivity index (χ1) is 15.7. The van der Waals surface area contributed by atoms with Gasteiger partial charge >= 0.3 is 0 Å². The van der Waals surface area contributed by atoms with Gasteiger partial charge in [0.15, 0.2) is 0 Å². The van der Waals surface area contributed by atoms with E-state index in [0.717, 1.165) is 34.7 Å². The van der Waals surface area contributed by atoms with Crippen LogP contribution < -0.4 is 5.73 Å². The Bertz CT molecular complexity index is 1450. The van der Waals surface area contributed by atoms with E-state index in [9.17, 15) is 0 Å². The zero-order chi connectivity index (χ0) is 22.1. The molecule has 0 amide bonds. The second-order valence-electron chi connectivity index (χ2n) is 8.10. The van der Waals surface area contributed by atoms with Gasteiger partial charge < -0.3 is 10.2 Å². The molecule has 0 atom stereocenters. The lowest BCUT2D eigenvalue weighted by atomic mass is 9.97. The van der Waals surface area contributed by atoms with Crippen LogP contribution in [0.1, 0.15) is 24.6 Å². The van der Waals surface area contributed by atoms with Gasteiger partial charge in [0.25, 0.3) is 0 Å². The van der Waals surface area contributed by atoms with E-state index in [4.69, 9.17) is 18.7 Å². The molecule has 0 saturated carbocycles. The van der Waals surface area contributed by atoms with Gasteiger partial charge in [-0.1, -0.05) is 54.6 Å². The Kier molecular flexibility index (Phi) is 5.38. The van der Waals surface area contributed by atoms with Crippen molar-refractivity contribution < 1.29 is 0 Å². The second-order valence-corrected chi connectivity index (χ2v) is 8.10. The number of allylic oxidation sites excluding steroid dienone is 3. The van der Waals surface area contributed by atoms with Crippen molar-refractivity contribution in [2.24, 2.45) is 10.7 Å². The third-order valence-electron chi connectivity index (χ3n) is 5.98. The molecule has 32 heavy (non-hydrogen) atoms. The third kappa shape index (κ3) is 3.63. The van der Waals surface area contributed by atoms with Crippen LogP contribution in [0, 0.1) is 0 Å². The molecule has 0 saturated heterocycles. The average molecular weight is 413 g/mol. The lowest BCUT2D eigenvalue weighted by Crippen LogP contribution is -2.05. The van der Waals surface area contributed by atoms with Crippen LogP contribution in [0.2, 0.25) is 0 Å². The molecule has 1 aliphatic rings. The third-order valence-corrected chi connectivity index (χ3v) is 5.98. The van der Waals surface area contributed by atoms with Crippen LogP contribution in [0.15, 0.2) is 101 Å². The van der Waals surface area contributed by atoms with E-state index in [0.29, 0.717) is 6.54 Å². The largest absolute Gasteiger partial charge is 0.403 e. The predicted octanol–water partition coefficient (Wildman–Crippen LogP) is 5.90. The lowest BCUT2D eigenvalue weighted by molar-refractivity contribution is 0.997. The van der Waals surface area contributed by atoms with Crippen LogP contribution in [0.4, 0.5) is 0 Å². The number of benzene rings is 3. The standard InChI is InChI=1S/C28H24BN3/c1-19-17-22(31-28(19)26(14-15-30)27-11-6-16-32(27)29)13-12-21-18-20-7-2-3-8-23(20)25-10-5-4-9-24(21)25/h2-13,16-18H,14-15,30H2,1H3. The monoisotopic (exact) mass is 413 g/mol. The number of aromatic nitrogens is 1. The first kappa shape index (κ1) is 20.3. The Morgan fingerprint density at radius 2 is 1.72 bits per heavy atom. The molecular weight excluding hydrogens is 389 g/mol. The van der Waals surface area contributed by atoms with Crippen molar-refractivity contribution >= 4 is 46.9 Å². The van der Waals surface area contributed by atoms with Crippen LogP contribution in [0.25, 0.3) is 33.2 Å². The first-order valence-corrected chi connectivity index (χ1v) is 10.9. The summed E-state index contributed by atoms with van der Waals surface area (Å²) in [5.41, 5.74) is 12.1. The summed E-state index contributed by atoms with van der Waals surface area (Å²) < 4.78 is 1.63. The van der Waals surface area contributed by atoms with E-state index in [2.05, 4.69) is 79.7 Å². The highest BCUT2D eigenvalue weighted by atomic mass is 14.9. The van der Waals surface area contributed by atoms with Gasteiger partial charge in [0, 0.05) is 11.3 Å². The summed E-state index contributed by atoms with van der Waals surface area (Å²) in [6.45, 7) is 2.63. The van der Waals surface area contributed by atoms with E-state index in [1.54, 1.807) is 4.48 Å². The van der Waals surface area contributed by atoms with Gasteiger partial charge in [-0.2, -0.15) is 0 Å². The summed E-state index contributed by atoms with van der Waals surface area (Å²) in [4.78, 5) is 4.93. The molecule has 4 aromatic rings. The maximum absolute atomic E-state index is 6.11. The number of aliphatic imine (C=N–C) groups is 1. The van der Waals surface area contributed by atoms with Crippen molar-refractivity contribution in [3.05, 3.63) is 108 Å². The number of hydrogen-bond donors (Lipinski definition) is 1. The molecule has 0 spiro atoms. The summed E-state index contributed by atoms with van der Waals surface area (Å²) in [7, 11) is 6.11. The van der Waals surface area contributed by atoms with Gasteiger partial charge in [0.05, 0.1) is 11.4 Å². The van der Waals surface area contributed by atoms with E-state index in [1.165, 1.54) is 27.1 Å². The fourth-order valence-electron chi connectivity index (χ4n) is 4.49. The van der Waals surface area contributed by atoms with Crippen molar-refractivity contribution in [3.63, 3.8) is 0 Å². The van der Waals surface area contributed by atoms with E-state index in [-0.39, 0.29) is 0 Å². The van der Waals surface area contributed by atoms with Crippen molar-refractivity contribution in [2.45, 2.75) is 13.3 Å². The Labute approximate surface area is 189 Å². The molecule has 0 fully saturated rings. The number of nitrogens with zero attached hydrogens (tertiary/aromatic N) is 2. The predicted molar refractivity (Wildman–Crippen MR) is 138 cm³/mol. The summed E-state index contributed by atoms with van der Waals surface area (Å²) >= 11 is 0. The van der Waals surface area contributed by atoms with E-state index >= 15 is 0 Å². The fraction of sp³-hybridized carbons (Fsp3) is 0.107. The Hall–Kier alpha value is -3.63. The fourth-order valence-corrected chi connectivity index (χ4v) is 4.49. The topological polar surface area (TPSA) is 43.3 Å². The smallest absolute Gasteiger partial charge is 0.234 e. The Balaban J connectivity index is 1.58. The molecule has 154 valence electrons. The van der Waals surface area contributed by atoms with Gasteiger partial charge in [-0.15, -0.1) is 0 Å². The number of nitrogens with two attached hydrogens (primary N) is 1. The van der Waals surface area contributed by atoms with Crippen molar-refractivity contribution in [1.29, 1.82) is 0 Å². The van der Waals surface area contributed by atoms with Crippen LogP contribution in [0.5, 0.6) is 0 Å². The van der Waals surface area contributed by atoms with Crippen LogP contribution in [0.3, 0.4) is 0 Å². The molecule has 2 N–H and O–H groups in total. The van der Waals surface area contributed by atoms with Crippen LogP contribution in [-0.4, -0.2) is 24.7 Å². The molecule has 4 heteroatoms. The van der Waals surface area contributed by atoms with Gasteiger partial charge in [0.2, 0.25) is 7.98 Å². The molecule has 2 radical (unpaired) electrons. The highest BCUT2D eigenvalue weighted by Gasteiger charge is 2.17. The summed E-state index contributed by atoms with van der Waals surface area (Å²) in [6, 6.07) is 23.3. The molecular formula is C28H24BN3. The maximum Gasteiger partial charge on any atom is 0.234 e. The minimum Gasteiger partial charge on any atom is -0.403 e. The van der Waals surface area contributed by atoms with Crippen molar-refractivity contribution in [1.82, 2.24) is 4.48 Å². The van der Waals surface area contributed by atoms with Gasteiger partial charge in [-0.05, 0) is 89.1 Å². The summed E-state index contributed by atoms with van der Waals surface area (Å²) in [5, 5.41) is 5.01. The average Bonchev–Trinajstić information content (AvgIpc) is 3.41. The lowest BCUT2D eigenvalue weighted by Gasteiger charge is -2.11. The first-order valence-electron chi connectivity index (χ1n) is 10.9. The molecule has 3 nitrogen and oxygen atoms in total. The molecule has 0 aliphatic carbocycles. The molecule has 2 heterocycles.